The summed E-state index contributed by atoms with van der Waals surface area (Å²) in [4.78, 5) is 4.82. The molecule has 2 heteroatoms. The zero-order valence-electron chi connectivity index (χ0n) is 6.63. The molecule has 56 valence electrons. The molecule has 1 rings (SSSR count). The summed E-state index contributed by atoms with van der Waals surface area (Å²) in [6.45, 7) is 6.00. The fourth-order valence-electron chi connectivity index (χ4n) is 0.456. The molecule has 0 aromatic carbocycles. The SMILES string of the molecule is CC.Cc1ccncc1S. The molecule has 1 heterocycles. The number of nitrogens with zero attached hydrogens (tertiary/aromatic N) is 1. The average Bonchev–Trinajstić information content (AvgIpc) is 2.00. The maximum atomic E-state index is 4.14. The molecule has 1 nitrogen and oxygen atoms in total. The third-order valence-electron chi connectivity index (χ3n) is 1.01. The lowest BCUT2D eigenvalue weighted by molar-refractivity contribution is 1.18. The van der Waals surface area contributed by atoms with Crippen molar-refractivity contribution in [3.05, 3.63) is 24.0 Å². The number of pyridine rings is 1. The van der Waals surface area contributed by atoms with Gasteiger partial charge in [-0.15, -0.1) is 12.6 Å². The molecule has 0 fully saturated rings. The van der Waals surface area contributed by atoms with Crippen molar-refractivity contribution < 1.29 is 0 Å². The predicted molar refractivity (Wildman–Crippen MR) is 47.6 cm³/mol. The average molecular weight is 155 g/mol. The third-order valence-corrected chi connectivity index (χ3v) is 1.48. The Morgan fingerprint density at radius 1 is 1.40 bits per heavy atom. The predicted octanol–water partition coefficient (Wildman–Crippen LogP) is 2.70. The van der Waals surface area contributed by atoms with Gasteiger partial charge >= 0.3 is 0 Å². The molecule has 1 aromatic rings. The molecule has 0 aliphatic carbocycles. The number of hydrogen-bond acceptors (Lipinski definition) is 2. The smallest absolute Gasteiger partial charge is 0.0404 e. The van der Waals surface area contributed by atoms with Crippen molar-refractivity contribution in [2.75, 3.05) is 0 Å². The monoisotopic (exact) mass is 155 g/mol. The number of thiol groups is 1. The van der Waals surface area contributed by atoms with Crippen LogP contribution in [0.15, 0.2) is 23.4 Å². The second kappa shape index (κ2) is 5.30. The first-order valence-corrected chi connectivity index (χ1v) is 3.85. The molecule has 0 atom stereocenters. The van der Waals surface area contributed by atoms with Gasteiger partial charge in [-0.25, -0.2) is 0 Å². The van der Waals surface area contributed by atoms with Crippen LogP contribution in [0.4, 0.5) is 0 Å². The van der Waals surface area contributed by atoms with E-state index >= 15 is 0 Å². The largest absolute Gasteiger partial charge is 0.264 e. The van der Waals surface area contributed by atoms with E-state index in [2.05, 4.69) is 17.6 Å². The summed E-state index contributed by atoms with van der Waals surface area (Å²) < 4.78 is 0. The number of aryl methyl sites for hydroxylation is 1. The molecule has 1 aromatic heterocycles. The second-order valence-corrected chi connectivity index (χ2v) is 2.14. The van der Waals surface area contributed by atoms with Crippen LogP contribution in [0, 0.1) is 6.92 Å². The maximum Gasteiger partial charge on any atom is 0.0404 e. The summed E-state index contributed by atoms with van der Waals surface area (Å²) >= 11 is 4.14. The van der Waals surface area contributed by atoms with E-state index in [4.69, 9.17) is 0 Å². The highest BCUT2D eigenvalue weighted by Crippen LogP contribution is 2.07. The first kappa shape index (κ1) is 9.50. The Labute approximate surface area is 67.9 Å². The van der Waals surface area contributed by atoms with Gasteiger partial charge in [0.25, 0.3) is 0 Å². The number of hydrogen-bond donors (Lipinski definition) is 1. The van der Waals surface area contributed by atoms with Crippen LogP contribution in [0.5, 0.6) is 0 Å². The van der Waals surface area contributed by atoms with Crippen LogP contribution < -0.4 is 0 Å². The normalized spacial score (nSPS) is 8.00. The van der Waals surface area contributed by atoms with Crippen LogP contribution in [0.3, 0.4) is 0 Å². The van der Waals surface area contributed by atoms with Crippen molar-refractivity contribution >= 4 is 12.6 Å². The summed E-state index contributed by atoms with van der Waals surface area (Å²) in [7, 11) is 0. The Morgan fingerprint density at radius 3 is 2.30 bits per heavy atom. The maximum absolute atomic E-state index is 4.14. The van der Waals surface area contributed by atoms with Gasteiger partial charge in [0, 0.05) is 17.3 Å². The van der Waals surface area contributed by atoms with Crippen LogP contribution in [0.1, 0.15) is 19.4 Å². The lowest BCUT2D eigenvalue weighted by Crippen LogP contribution is -1.75. The molecular weight excluding hydrogens is 142 g/mol. The lowest BCUT2D eigenvalue weighted by atomic mass is 10.3. The Balaban J connectivity index is 0.000000371. The van der Waals surface area contributed by atoms with Crippen LogP contribution in [-0.2, 0) is 0 Å². The van der Waals surface area contributed by atoms with Crippen LogP contribution >= 0.6 is 12.6 Å². The highest BCUT2D eigenvalue weighted by Gasteiger charge is 1.86. The van der Waals surface area contributed by atoms with E-state index in [9.17, 15) is 0 Å². The fraction of sp³-hybridized carbons (Fsp3) is 0.375. The molecular formula is C8H13NS. The van der Waals surface area contributed by atoms with Crippen molar-refractivity contribution in [2.24, 2.45) is 0 Å². The van der Waals surface area contributed by atoms with Crippen LogP contribution in [0.25, 0.3) is 0 Å². The molecule has 0 N–H and O–H groups in total. The molecule has 0 bridgehead atoms. The Kier molecular flexibility index (Phi) is 5.03. The molecule has 0 aliphatic heterocycles. The van der Waals surface area contributed by atoms with Crippen molar-refractivity contribution in [3.63, 3.8) is 0 Å². The molecule has 0 spiro atoms. The topological polar surface area (TPSA) is 12.9 Å². The standard InChI is InChI=1S/C6H7NS.C2H6/c1-5-2-3-7-4-6(5)8;1-2/h2-4,8H,1H3;1-2H3. The zero-order valence-corrected chi connectivity index (χ0v) is 7.52. The molecule has 0 saturated heterocycles. The minimum atomic E-state index is 0.951. The van der Waals surface area contributed by atoms with Gasteiger partial charge in [-0.2, -0.15) is 0 Å². The lowest BCUT2D eigenvalue weighted by Gasteiger charge is -1.91. The van der Waals surface area contributed by atoms with Crippen molar-refractivity contribution in [1.82, 2.24) is 4.98 Å². The van der Waals surface area contributed by atoms with Gasteiger partial charge in [0.05, 0.1) is 0 Å². The summed E-state index contributed by atoms with van der Waals surface area (Å²) in [6.07, 6.45) is 3.49. The van der Waals surface area contributed by atoms with Gasteiger partial charge in [-0.05, 0) is 18.6 Å². The summed E-state index contributed by atoms with van der Waals surface area (Å²) in [5, 5.41) is 0. The van der Waals surface area contributed by atoms with E-state index in [0.717, 1.165) is 4.90 Å². The van der Waals surface area contributed by atoms with E-state index in [1.807, 2.05) is 26.8 Å². The third kappa shape index (κ3) is 2.87. The molecule has 0 radical (unpaired) electrons. The first-order chi connectivity index (χ1) is 4.80. The highest BCUT2D eigenvalue weighted by atomic mass is 32.1. The molecule has 0 unspecified atom stereocenters. The number of rotatable bonds is 0. The van der Waals surface area contributed by atoms with Gasteiger partial charge in [-0.1, -0.05) is 13.8 Å². The molecule has 0 saturated carbocycles. The van der Waals surface area contributed by atoms with Gasteiger partial charge in [0.1, 0.15) is 0 Å². The van der Waals surface area contributed by atoms with E-state index in [1.165, 1.54) is 5.56 Å². The zero-order chi connectivity index (χ0) is 7.98. The molecule has 0 amide bonds. The van der Waals surface area contributed by atoms with Crippen molar-refractivity contribution in [2.45, 2.75) is 25.7 Å². The van der Waals surface area contributed by atoms with Gasteiger partial charge < -0.3 is 0 Å². The van der Waals surface area contributed by atoms with Crippen LogP contribution in [-0.4, -0.2) is 4.98 Å². The fourth-order valence-corrected chi connectivity index (χ4v) is 0.597. The summed E-state index contributed by atoms with van der Waals surface area (Å²) in [6, 6.07) is 1.93. The van der Waals surface area contributed by atoms with E-state index in [1.54, 1.807) is 12.4 Å². The minimum absolute atomic E-state index is 0.951. The Bertz CT molecular complexity index is 165. The van der Waals surface area contributed by atoms with Crippen molar-refractivity contribution in [1.29, 1.82) is 0 Å². The van der Waals surface area contributed by atoms with E-state index < -0.39 is 0 Å². The van der Waals surface area contributed by atoms with E-state index in [0.29, 0.717) is 0 Å². The molecule has 0 aliphatic rings. The molecule has 10 heavy (non-hydrogen) atoms. The summed E-state index contributed by atoms with van der Waals surface area (Å²) in [5.41, 5.74) is 1.17. The second-order valence-electron chi connectivity index (χ2n) is 1.66. The van der Waals surface area contributed by atoms with Crippen molar-refractivity contribution in [3.8, 4) is 0 Å². The van der Waals surface area contributed by atoms with Crippen LogP contribution in [0.2, 0.25) is 0 Å². The Hall–Kier alpha value is -0.500. The minimum Gasteiger partial charge on any atom is -0.264 e. The quantitative estimate of drug-likeness (QED) is 0.568. The van der Waals surface area contributed by atoms with Gasteiger partial charge in [0.2, 0.25) is 0 Å². The number of aromatic nitrogens is 1. The highest BCUT2D eigenvalue weighted by molar-refractivity contribution is 7.80. The van der Waals surface area contributed by atoms with E-state index in [-0.39, 0.29) is 0 Å². The first-order valence-electron chi connectivity index (χ1n) is 3.40. The van der Waals surface area contributed by atoms with Gasteiger partial charge in [-0.3, -0.25) is 4.98 Å². The Morgan fingerprint density at radius 2 is 2.00 bits per heavy atom. The summed E-state index contributed by atoms with van der Waals surface area (Å²) in [5.74, 6) is 0. The van der Waals surface area contributed by atoms with Gasteiger partial charge in [0.15, 0.2) is 0 Å².